The van der Waals surface area contributed by atoms with Crippen LogP contribution in [0.1, 0.15) is 36.3 Å². The summed E-state index contributed by atoms with van der Waals surface area (Å²) in [6.07, 6.45) is 1.11. The summed E-state index contributed by atoms with van der Waals surface area (Å²) in [6, 6.07) is 8.63. The first-order valence-electron chi connectivity index (χ1n) is 7.14. The molecule has 1 atom stereocenters. The van der Waals surface area contributed by atoms with Crippen LogP contribution in [0.15, 0.2) is 40.0 Å². The van der Waals surface area contributed by atoms with Crippen molar-refractivity contribution >= 4 is 23.4 Å². The van der Waals surface area contributed by atoms with Gasteiger partial charge in [0, 0.05) is 21.9 Å². The lowest BCUT2D eigenvalue weighted by Crippen LogP contribution is -2.18. The van der Waals surface area contributed by atoms with Crippen LogP contribution >= 0.6 is 11.8 Å². The number of hydrogen-bond donors (Lipinski definition) is 2. The minimum absolute atomic E-state index is 0.178. The van der Waals surface area contributed by atoms with Gasteiger partial charge in [0.05, 0.1) is 0 Å². The number of nitrogens with zero attached hydrogens (tertiary/aromatic N) is 1. The van der Waals surface area contributed by atoms with Crippen molar-refractivity contribution in [3.63, 3.8) is 0 Å². The minimum atomic E-state index is -0.346. The SMILES string of the molecule is CC[C@@H](C)Sc1ccc(NC(=O)c2ccc(=O)[nH]n2)c(C)c1. The Labute approximate surface area is 133 Å². The Morgan fingerprint density at radius 3 is 2.73 bits per heavy atom. The topological polar surface area (TPSA) is 74.8 Å². The summed E-state index contributed by atoms with van der Waals surface area (Å²) in [5.74, 6) is -0.346. The van der Waals surface area contributed by atoms with Crippen molar-refractivity contribution in [3.8, 4) is 0 Å². The highest BCUT2D eigenvalue weighted by Crippen LogP contribution is 2.28. The van der Waals surface area contributed by atoms with Gasteiger partial charge in [-0.05, 0) is 43.2 Å². The van der Waals surface area contributed by atoms with Crippen LogP contribution in [0, 0.1) is 6.92 Å². The molecule has 1 aromatic heterocycles. The second-order valence-electron chi connectivity index (χ2n) is 5.07. The van der Waals surface area contributed by atoms with Gasteiger partial charge in [0.15, 0.2) is 0 Å². The van der Waals surface area contributed by atoms with E-state index in [0.29, 0.717) is 5.25 Å². The van der Waals surface area contributed by atoms with Crippen LogP contribution in [-0.4, -0.2) is 21.4 Å². The number of aromatic amines is 1. The van der Waals surface area contributed by atoms with E-state index in [-0.39, 0.29) is 17.2 Å². The smallest absolute Gasteiger partial charge is 0.276 e. The summed E-state index contributed by atoms with van der Waals surface area (Å²) in [5, 5.41) is 9.34. The Hall–Kier alpha value is -2.08. The van der Waals surface area contributed by atoms with Crippen LogP contribution in [0.3, 0.4) is 0 Å². The quantitative estimate of drug-likeness (QED) is 0.830. The van der Waals surface area contributed by atoms with E-state index in [1.165, 1.54) is 17.0 Å². The van der Waals surface area contributed by atoms with Gasteiger partial charge in [-0.2, -0.15) is 5.10 Å². The van der Waals surface area contributed by atoms with Crippen LogP contribution in [0.5, 0.6) is 0 Å². The number of anilines is 1. The third-order valence-corrected chi connectivity index (χ3v) is 4.53. The lowest BCUT2D eigenvalue weighted by atomic mass is 10.2. The van der Waals surface area contributed by atoms with Gasteiger partial charge in [-0.1, -0.05) is 13.8 Å². The number of aromatic nitrogens is 2. The summed E-state index contributed by atoms with van der Waals surface area (Å²) in [6.45, 7) is 6.31. The average Bonchev–Trinajstić information content (AvgIpc) is 2.50. The lowest BCUT2D eigenvalue weighted by molar-refractivity contribution is 0.102. The first-order chi connectivity index (χ1) is 10.5. The summed E-state index contributed by atoms with van der Waals surface area (Å²) < 4.78 is 0. The second-order valence-corrected chi connectivity index (χ2v) is 6.59. The van der Waals surface area contributed by atoms with Gasteiger partial charge in [-0.15, -0.1) is 11.8 Å². The number of benzene rings is 1. The zero-order valence-electron chi connectivity index (χ0n) is 12.8. The van der Waals surface area contributed by atoms with Gasteiger partial charge >= 0.3 is 0 Å². The van der Waals surface area contributed by atoms with Crippen molar-refractivity contribution in [1.29, 1.82) is 0 Å². The Morgan fingerprint density at radius 1 is 1.36 bits per heavy atom. The Morgan fingerprint density at radius 2 is 2.14 bits per heavy atom. The molecule has 0 aliphatic carbocycles. The van der Waals surface area contributed by atoms with E-state index in [0.717, 1.165) is 17.7 Å². The second kappa shape index (κ2) is 7.26. The highest BCUT2D eigenvalue weighted by molar-refractivity contribution is 7.99. The van der Waals surface area contributed by atoms with E-state index in [1.54, 1.807) is 0 Å². The third-order valence-electron chi connectivity index (χ3n) is 3.27. The maximum atomic E-state index is 12.1. The molecule has 1 aromatic carbocycles. The number of rotatable bonds is 5. The fourth-order valence-corrected chi connectivity index (χ4v) is 2.85. The van der Waals surface area contributed by atoms with E-state index in [2.05, 4.69) is 35.4 Å². The summed E-state index contributed by atoms with van der Waals surface area (Å²) >= 11 is 1.82. The fraction of sp³-hybridized carbons (Fsp3) is 0.312. The van der Waals surface area contributed by atoms with E-state index in [1.807, 2.05) is 30.8 Å². The molecule has 116 valence electrons. The van der Waals surface area contributed by atoms with E-state index >= 15 is 0 Å². The zero-order chi connectivity index (χ0) is 16.1. The molecule has 0 radical (unpaired) electrons. The molecule has 6 heteroatoms. The fourth-order valence-electron chi connectivity index (χ4n) is 1.82. The Kier molecular flexibility index (Phi) is 5.38. The number of carbonyl (C=O) groups is 1. The number of carbonyl (C=O) groups excluding carboxylic acids is 1. The number of nitrogens with one attached hydrogen (secondary N) is 2. The molecule has 2 aromatic rings. The summed E-state index contributed by atoms with van der Waals surface area (Å²) in [7, 11) is 0. The van der Waals surface area contributed by atoms with E-state index in [4.69, 9.17) is 0 Å². The molecule has 1 heterocycles. The number of H-pyrrole nitrogens is 1. The minimum Gasteiger partial charge on any atom is -0.320 e. The highest BCUT2D eigenvalue weighted by atomic mass is 32.2. The molecule has 0 unspecified atom stereocenters. The first kappa shape index (κ1) is 16.3. The van der Waals surface area contributed by atoms with Crippen molar-refractivity contribution in [2.24, 2.45) is 0 Å². The van der Waals surface area contributed by atoms with Gasteiger partial charge in [-0.3, -0.25) is 9.59 Å². The summed E-state index contributed by atoms with van der Waals surface area (Å²) in [5.41, 5.74) is 1.58. The molecule has 5 nitrogen and oxygen atoms in total. The molecule has 22 heavy (non-hydrogen) atoms. The molecule has 0 fully saturated rings. The van der Waals surface area contributed by atoms with E-state index in [9.17, 15) is 9.59 Å². The Bertz CT molecular complexity index is 707. The molecular weight excluding hydrogens is 298 g/mol. The molecule has 2 N–H and O–H groups in total. The monoisotopic (exact) mass is 317 g/mol. The average molecular weight is 317 g/mol. The number of hydrogen-bond acceptors (Lipinski definition) is 4. The molecule has 0 aliphatic rings. The molecule has 0 bridgehead atoms. The maximum absolute atomic E-state index is 12.1. The lowest BCUT2D eigenvalue weighted by Gasteiger charge is -2.12. The molecule has 0 saturated carbocycles. The van der Waals surface area contributed by atoms with Crippen LogP contribution in [0.25, 0.3) is 0 Å². The number of aryl methyl sites for hydroxylation is 1. The third kappa shape index (κ3) is 4.21. The Balaban J connectivity index is 2.11. The highest BCUT2D eigenvalue weighted by Gasteiger charge is 2.10. The van der Waals surface area contributed by atoms with Crippen molar-refractivity contribution in [1.82, 2.24) is 10.2 Å². The predicted octanol–water partition coefficient (Wildman–Crippen LogP) is 3.22. The largest absolute Gasteiger partial charge is 0.320 e. The predicted molar refractivity (Wildman–Crippen MR) is 89.6 cm³/mol. The molecular formula is C16H19N3O2S. The normalized spacial score (nSPS) is 12.0. The summed E-state index contributed by atoms with van der Waals surface area (Å²) in [4.78, 5) is 24.2. The van der Waals surface area contributed by atoms with Gasteiger partial charge in [0.2, 0.25) is 0 Å². The zero-order valence-corrected chi connectivity index (χ0v) is 13.7. The van der Waals surface area contributed by atoms with Gasteiger partial charge in [-0.25, -0.2) is 5.10 Å². The van der Waals surface area contributed by atoms with Gasteiger partial charge in [0.25, 0.3) is 11.5 Å². The molecule has 0 aliphatic heterocycles. The molecule has 2 rings (SSSR count). The molecule has 0 spiro atoms. The number of thioether (sulfide) groups is 1. The maximum Gasteiger partial charge on any atom is 0.276 e. The first-order valence-corrected chi connectivity index (χ1v) is 8.02. The van der Waals surface area contributed by atoms with Crippen LogP contribution in [-0.2, 0) is 0 Å². The molecule has 1 amide bonds. The molecule has 0 saturated heterocycles. The van der Waals surface area contributed by atoms with Crippen molar-refractivity contribution in [2.45, 2.75) is 37.3 Å². The van der Waals surface area contributed by atoms with Crippen molar-refractivity contribution < 1.29 is 4.79 Å². The van der Waals surface area contributed by atoms with E-state index < -0.39 is 0 Å². The van der Waals surface area contributed by atoms with Crippen LogP contribution < -0.4 is 10.9 Å². The van der Waals surface area contributed by atoms with Gasteiger partial charge < -0.3 is 5.32 Å². The van der Waals surface area contributed by atoms with Crippen LogP contribution in [0.2, 0.25) is 0 Å². The van der Waals surface area contributed by atoms with Crippen LogP contribution in [0.4, 0.5) is 5.69 Å². The van der Waals surface area contributed by atoms with Gasteiger partial charge in [0.1, 0.15) is 5.69 Å². The standard InChI is InChI=1S/C16H19N3O2S/c1-4-11(3)22-12-5-6-13(10(2)9-12)17-16(21)14-7-8-15(20)19-18-14/h5-9,11H,4H2,1-3H3,(H,17,21)(H,19,20)/t11-/m1/s1. The van der Waals surface area contributed by atoms with Crippen molar-refractivity contribution in [3.05, 3.63) is 51.9 Å². The van der Waals surface area contributed by atoms with Crippen molar-refractivity contribution in [2.75, 3.05) is 5.32 Å². The number of amides is 1.